The lowest BCUT2D eigenvalue weighted by Crippen LogP contribution is -2.28. The van der Waals surface area contributed by atoms with Crippen LogP contribution in [0.1, 0.15) is 24.8 Å². The molecule has 0 aliphatic heterocycles. The van der Waals surface area contributed by atoms with Gasteiger partial charge in [-0.05, 0) is 18.6 Å². The van der Waals surface area contributed by atoms with Crippen molar-refractivity contribution in [3.63, 3.8) is 0 Å². The Kier molecular flexibility index (Phi) is 11.3. The summed E-state index contributed by atoms with van der Waals surface area (Å²) in [5.41, 5.74) is -0.490. The average Bonchev–Trinajstić information content (AvgIpc) is 2.71. The lowest BCUT2D eigenvalue weighted by molar-refractivity contribution is -0.131. The number of rotatable bonds is 5. The molecule has 8 nitrogen and oxygen atoms in total. The van der Waals surface area contributed by atoms with E-state index in [1.54, 1.807) is 0 Å². The van der Waals surface area contributed by atoms with Gasteiger partial charge in [0.05, 0.1) is 5.02 Å². The number of carbonyl (C=O) groups is 3. The van der Waals surface area contributed by atoms with E-state index in [9.17, 15) is 27.9 Å². The second-order valence-electron chi connectivity index (χ2n) is 6.66. The molecule has 1 aromatic carbocycles. The zero-order valence-electron chi connectivity index (χ0n) is 17.2. The number of Topliss-reactive ketones (excluding diaryl/α,β-unsaturated/α-hetero) is 2. The molecule has 0 spiro atoms. The van der Waals surface area contributed by atoms with E-state index < -0.39 is 39.7 Å². The minimum atomic E-state index is -3.78. The highest BCUT2D eigenvalue weighted by Gasteiger charge is 2.30. The summed E-state index contributed by atoms with van der Waals surface area (Å²) >= 11 is 14.9. The summed E-state index contributed by atoms with van der Waals surface area (Å²) < 4.78 is 29.5. The number of allylic oxidation sites excluding steroid dienone is 1. The van der Waals surface area contributed by atoms with Gasteiger partial charge in [0.25, 0.3) is 5.91 Å². The fraction of sp³-hybridized carbons (Fsp3) is 0.389. The summed E-state index contributed by atoms with van der Waals surface area (Å²) in [6.45, 7) is -0.492. The number of benzene rings is 1. The van der Waals surface area contributed by atoms with Crippen molar-refractivity contribution in [1.82, 2.24) is 4.90 Å². The van der Waals surface area contributed by atoms with E-state index in [1.165, 1.54) is 42.8 Å². The first-order valence-corrected chi connectivity index (χ1v) is 15.1. The van der Waals surface area contributed by atoms with E-state index in [1.807, 2.05) is 0 Å². The Hall–Kier alpha value is -1.51. The van der Waals surface area contributed by atoms with Crippen LogP contribution < -0.4 is 4.74 Å². The molecule has 14 heteroatoms. The maximum atomic E-state index is 12.1. The number of aliphatic hydroxyl groups excluding tert-OH is 1. The number of hydrogen-bond acceptors (Lipinski definition) is 9. The van der Waals surface area contributed by atoms with Gasteiger partial charge in [-0.1, -0.05) is 11.6 Å². The molecule has 0 radical (unpaired) electrons. The molecule has 1 aliphatic rings. The van der Waals surface area contributed by atoms with Crippen LogP contribution in [0.4, 0.5) is 0 Å². The van der Waals surface area contributed by atoms with Gasteiger partial charge in [0, 0.05) is 78.9 Å². The molecule has 0 atom stereocenters. The van der Waals surface area contributed by atoms with Crippen molar-refractivity contribution in [1.29, 1.82) is 0 Å². The van der Waals surface area contributed by atoms with Crippen molar-refractivity contribution >= 4 is 84.8 Å². The summed E-state index contributed by atoms with van der Waals surface area (Å²) in [5.74, 6) is -2.44. The number of ether oxygens (including phenoxy) is 1. The number of ketones is 2. The lowest BCUT2D eigenvalue weighted by Gasteiger charge is -2.18. The summed E-state index contributed by atoms with van der Waals surface area (Å²) in [5, 5.41) is 10.2. The molecule has 1 N–H and O–H groups in total. The first-order chi connectivity index (χ1) is 14.9. The van der Waals surface area contributed by atoms with Gasteiger partial charge in [-0.3, -0.25) is 14.4 Å². The van der Waals surface area contributed by atoms with Gasteiger partial charge in [-0.15, -0.1) is 0 Å². The Morgan fingerprint density at radius 1 is 1.19 bits per heavy atom. The Bertz CT molecular complexity index is 1120. The Balaban J connectivity index is 0.00000118. The van der Waals surface area contributed by atoms with Crippen LogP contribution >= 0.6 is 11.6 Å². The number of amides is 1. The van der Waals surface area contributed by atoms with E-state index in [-0.39, 0.29) is 39.6 Å². The second kappa shape index (κ2) is 12.7. The third-order valence-electron chi connectivity index (χ3n) is 4.18. The molecule has 1 saturated carbocycles. The molecule has 0 heterocycles. The molecule has 0 aromatic heterocycles. The fourth-order valence-corrected chi connectivity index (χ4v) is 3.80. The number of carbonyl (C=O) groups excluding carboxylic acids is 3. The van der Waals surface area contributed by atoms with E-state index in [0.717, 1.165) is 12.3 Å². The number of aliphatic hydroxyl groups is 1. The van der Waals surface area contributed by atoms with Gasteiger partial charge < -0.3 is 14.7 Å². The number of likely N-dealkylation sites (N-methyl/N-ethyl adjacent to an activating group) is 1. The Morgan fingerprint density at radius 3 is 2.16 bits per heavy atom. The normalized spacial score (nSPS) is 13.6. The smallest absolute Gasteiger partial charge is 0.259 e. The van der Waals surface area contributed by atoms with E-state index >= 15 is 0 Å². The third kappa shape index (κ3) is 7.52. The highest BCUT2D eigenvalue weighted by Crippen LogP contribution is 2.39. The van der Waals surface area contributed by atoms with Crippen LogP contribution in [0.5, 0.6) is 5.75 Å². The highest BCUT2D eigenvalue weighted by atomic mass is 35.5. The average molecular weight is 558 g/mol. The van der Waals surface area contributed by atoms with Gasteiger partial charge in [0.15, 0.2) is 33.8 Å². The van der Waals surface area contributed by atoms with Crippen molar-refractivity contribution in [3.05, 3.63) is 28.3 Å². The van der Waals surface area contributed by atoms with Gasteiger partial charge in [0.2, 0.25) is 0 Å². The van der Waals surface area contributed by atoms with Gasteiger partial charge in [0.1, 0.15) is 16.2 Å². The van der Waals surface area contributed by atoms with Crippen LogP contribution in [-0.4, -0.2) is 62.9 Å². The zero-order valence-corrected chi connectivity index (χ0v) is 22.1. The molecule has 1 aromatic rings. The van der Waals surface area contributed by atoms with Crippen LogP contribution in [0.2, 0.25) is 5.02 Å². The molecule has 0 saturated heterocycles. The number of hydrogen-bond donors (Lipinski definition) is 1. The van der Waals surface area contributed by atoms with E-state index in [2.05, 4.69) is 22.4 Å². The minimum absolute atomic E-state index is 0.116. The molecular weight excluding hydrogens is 538 g/mol. The molecule has 176 valence electrons. The van der Waals surface area contributed by atoms with Gasteiger partial charge in [-0.25, -0.2) is 8.42 Å². The third-order valence-corrected chi connectivity index (χ3v) is 7.90. The topological polar surface area (TPSA) is 118 Å². The van der Waals surface area contributed by atoms with Crippen molar-refractivity contribution in [2.75, 3.05) is 27.0 Å². The first-order valence-electron chi connectivity index (χ1n) is 8.80. The minimum Gasteiger partial charge on any atom is -0.506 e. The van der Waals surface area contributed by atoms with Crippen molar-refractivity contribution in [2.45, 2.75) is 24.2 Å². The van der Waals surface area contributed by atoms with Gasteiger partial charge >= 0.3 is 0 Å². The first kappa shape index (κ1) is 28.5. The van der Waals surface area contributed by atoms with Crippen LogP contribution in [0.15, 0.2) is 22.6 Å². The van der Waals surface area contributed by atoms with Crippen LogP contribution in [0, 0.1) is 0 Å². The molecule has 2 rings (SSSR count). The van der Waals surface area contributed by atoms with Crippen LogP contribution in [0.25, 0.3) is 5.76 Å². The van der Waals surface area contributed by atoms with E-state index in [4.69, 9.17) is 16.3 Å². The quantitative estimate of drug-likeness (QED) is 0.328. The number of sulfone groups is 1. The van der Waals surface area contributed by atoms with Gasteiger partial charge in [-0.2, -0.15) is 0 Å². The largest absolute Gasteiger partial charge is 0.506 e. The standard InChI is InChI=1S/C18H20ClNO7S.S4/c1-20(2)14(23)9-27-18-13(28(3,25)26)8-7-10(16(18)19)17(24)15-11(21)5-4-6-12(15)22;1-3-4-2/h7-8,24H,4-6,9H2,1-3H3;. The summed E-state index contributed by atoms with van der Waals surface area (Å²) in [6, 6.07) is 2.33. The SMILES string of the molecule is CN(C)C(=O)COc1c(S(C)(=O)=O)ccc(C(O)=C2C(=O)CCCC2=O)c1Cl.S=S=S=S. The molecule has 0 bridgehead atoms. The molecule has 32 heavy (non-hydrogen) atoms. The van der Waals surface area contributed by atoms with Crippen molar-refractivity contribution in [2.24, 2.45) is 0 Å². The van der Waals surface area contributed by atoms with Crippen molar-refractivity contribution < 1.29 is 32.6 Å². The predicted molar refractivity (Wildman–Crippen MR) is 132 cm³/mol. The monoisotopic (exact) mass is 557 g/mol. The summed E-state index contributed by atoms with van der Waals surface area (Å²) in [4.78, 5) is 36.9. The summed E-state index contributed by atoms with van der Waals surface area (Å²) in [7, 11) is 1.56. The number of nitrogens with zero attached hydrogens (tertiary/aromatic N) is 1. The second-order valence-corrected chi connectivity index (χ2v) is 12.6. The highest BCUT2D eigenvalue weighted by molar-refractivity contribution is 8.51. The Morgan fingerprint density at radius 2 is 1.72 bits per heavy atom. The maximum Gasteiger partial charge on any atom is 0.259 e. The molecule has 1 fully saturated rings. The molecular formula is C18H20ClNO7S5. The predicted octanol–water partition coefficient (Wildman–Crippen LogP) is 1.79. The van der Waals surface area contributed by atoms with Crippen molar-refractivity contribution in [3.8, 4) is 5.75 Å². The lowest BCUT2D eigenvalue weighted by atomic mass is 9.90. The van der Waals surface area contributed by atoms with E-state index in [0.29, 0.717) is 6.42 Å². The molecule has 0 unspecified atom stereocenters. The van der Waals surface area contributed by atoms with Crippen LogP contribution in [0.3, 0.4) is 0 Å². The molecule has 1 amide bonds. The Labute approximate surface area is 206 Å². The fourth-order valence-electron chi connectivity index (χ4n) is 2.62. The summed E-state index contributed by atoms with van der Waals surface area (Å²) in [6.07, 6.45) is 1.57. The molecule has 1 aliphatic carbocycles. The maximum absolute atomic E-state index is 12.1. The zero-order chi connectivity index (χ0) is 24.6. The van der Waals surface area contributed by atoms with Crippen LogP contribution in [-0.2, 0) is 64.4 Å². The number of halogens is 1.